The highest BCUT2D eigenvalue weighted by molar-refractivity contribution is 7.89. The second-order valence-corrected chi connectivity index (χ2v) is 13.0. The first-order valence-electron chi connectivity index (χ1n) is 12.2. The van der Waals surface area contributed by atoms with Crippen LogP contribution in [0.15, 0.2) is 47.4 Å². The maximum absolute atomic E-state index is 13.7. The monoisotopic (exact) mass is 568 g/mol. The van der Waals surface area contributed by atoms with Gasteiger partial charge < -0.3 is 4.90 Å². The first-order chi connectivity index (χ1) is 17.0. The van der Waals surface area contributed by atoms with Crippen molar-refractivity contribution in [1.82, 2.24) is 14.2 Å². The molecule has 2 atom stereocenters. The number of hydrogen-bond acceptors (Lipinski definition) is 6. The Morgan fingerprint density at radius 1 is 1.08 bits per heavy atom. The van der Waals surface area contributed by atoms with Crippen molar-refractivity contribution in [2.24, 2.45) is 11.8 Å². The van der Waals surface area contributed by atoms with Crippen LogP contribution in [0.4, 0.5) is 9.52 Å². The maximum Gasteiger partial charge on any atom is 0.260 e. The molecule has 0 N–H and O–H groups in total. The van der Waals surface area contributed by atoms with Crippen molar-refractivity contribution >= 4 is 55.0 Å². The molecule has 1 saturated heterocycles. The molecule has 0 aliphatic carbocycles. The van der Waals surface area contributed by atoms with Crippen molar-refractivity contribution in [3.8, 4) is 0 Å². The van der Waals surface area contributed by atoms with Crippen LogP contribution in [-0.2, 0) is 10.0 Å². The summed E-state index contributed by atoms with van der Waals surface area (Å²) in [5.41, 5.74) is 1.01. The van der Waals surface area contributed by atoms with Gasteiger partial charge in [0.2, 0.25) is 10.0 Å². The average Bonchev–Trinajstić information content (AvgIpc) is 3.23. The Morgan fingerprint density at radius 3 is 2.35 bits per heavy atom. The molecular formula is C26H34ClFN4O3S2. The van der Waals surface area contributed by atoms with Crippen LogP contribution in [0.3, 0.4) is 0 Å². The van der Waals surface area contributed by atoms with Crippen LogP contribution >= 0.6 is 23.7 Å². The number of thiazole rings is 1. The van der Waals surface area contributed by atoms with Gasteiger partial charge in [0.15, 0.2) is 5.13 Å². The second-order valence-electron chi connectivity index (χ2n) is 10.0. The summed E-state index contributed by atoms with van der Waals surface area (Å²) in [5, 5.41) is 0.493. The molecule has 0 bridgehead atoms. The van der Waals surface area contributed by atoms with Crippen molar-refractivity contribution in [1.29, 1.82) is 0 Å². The Hall–Kier alpha value is -2.11. The largest absolute Gasteiger partial charge is 0.309 e. The predicted octanol–water partition coefficient (Wildman–Crippen LogP) is 5.12. The van der Waals surface area contributed by atoms with E-state index in [1.54, 1.807) is 27.4 Å². The maximum atomic E-state index is 13.7. The van der Waals surface area contributed by atoms with E-state index in [9.17, 15) is 17.6 Å². The van der Waals surface area contributed by atoms with Gasteiger partial charge >= 0.3 is 0 Å². The fourth-order valence-corrected chi connectivity index (χ4v) is 7.40. The minimum absolute atomic E-state index is 0. The van der Waals surface area contributed by atoms with Gasteiger partial charge in [-0.05, 0) is 87.8 Å². The lowest BCUT2D eigenvalue weighted by Gasteiger charge is -2.34. The quantitative estimate of drug-likeness (QED) is 0.377. The molecule has 1 aliphatic rings. The zero-order valence-electron chi connectivity index (χ0n) is 21.6. The summed E-state index contributed by atoms with van der Waals surface area (Å²) in [6, 6.07) is 10.5. The number of aromatic nitrogens is 1. The molecule has 37 heavy (non-hydrogen) atoms. The number of amides is 1. The van der Waals surface area contributed by atoms with Gasteiger partial charge in [-0.3, -0.25) is 9.69 Å². The van der Waals surface area contributed by atoms with Crippen molar-refractivity contribution in [2.75, 3.05) is 45.2 Å². The molecule has 202 valence electrons. The van der Waals surface area contributed by atoms with E-state index in [1.165, 1.54) is 35.6 Å². The van der Waals surface area contributed by atoms with Crippen LogP contribution in [0.2, 0.25) is 0 Å². The summed E-state index contributed by atoms with van der Waals surface area (Å²) < 4.78 is 42.4. The average molecular weight is 569 g/mol. The molecule has 4 rings (SSSR count). The van der Waals surface area contributed by atoms with Gasteiger partial charge in [0.25, 0.3) is 5.91 Å². The van der Waals surface area contributed by atoms with Gasteiger partial charge in [-0.15, -0.1) is 12.4 Å². The fraction of sp³-hybridized carbons (Fsp3) is 0.462. The fourth-order valence-electron chi connectivity index (χ4n) is 4.71. The van der Waals surface area contributed by atoms with Crippen LogP contribution in [0.25, 0.3) is 10.2 Å². The van der Waals surface area contributed by atoms with Crippen molar-refractivity contribution in [2.45, 2.75) is 31.6 Å². The van der Waals surface area contributed by atoms with E-state index >= 15 is 0 Å². The Labute approximate surface area is 228 Å². The van der Waals surface area contributed by atoms with Crippen LogP contribution < -0.4 is 4.90 Å². The molecule has 7 nitrogen and oxygen atoms in total. The van der Waals surface area contributed by atoms with Crippen molar-refractivity contribution in [3.63, 3.8) is 0 Å². The number of rotatable bonds is 8. The molecule has 1 aliphatic heterocycles. The van der Waals surface area contributed by atoms with E-state index in [0.29, 0.717) is 52.4 Å². The van der Waals surface area contributed by atoms with Crippen LogP contribution in [-0.4, -0.2) is 68.8 Å². The van der Waals surface area contributed by atoms with E-state index in [-0.39, 0.29) is 29.0 Å². The third-order valence-corrected chi connectivity index (χ3v) is 9.26. The van der Waals surface area contributed by atoms with E-state index in [4.69, 9.17) is 0 Å². The number of sulfonamides is 1. The third kappa shape index (κ3) is 6.86. The van der Waals surface area contributed by atoms with Gasteiger partial charge in [0, 0.05) is 25.2 Å². The molecule has 1 aromatic heterocycles. The molecule has 2 heterocycles. The van der Waals surface area contributed by atoms with Crippen molar-refractivity contribution in [3.05, 3.63) is 53.8 Å². The van der Waals surface area contributed by atoms with E-state index in [1.807, 2.05) is 19.0 Å². The summed E-state index contributed by atoms with van der Waals surface area (Å²) in [6.07, 6.45) is 1.74. The number of halogens is 2. The van der Waals surface area contributed by atoms with Crippen LogP contribution in [0, 0.1) is 17.7 Å². The summed E-state index contributed by atoms with van der Waals surface area (Å²) in [4.78, 5) is 22.0. The number of carbonyl (C=O) groups is 1. The molecular weight excluding hydrogens is 535 g/mol. The summed E-state index contributed by atoms with van der Waals surface area (Å²) in [5.74, 6) is -0.000284. The minimum atomic E-state index is -3.63. The first-order valence-corrected chi connectivity index (χ1v) is 14.4. The molecule has 0 spiro atoms. The topological polar surface area (TPSA) is 73.8 Å². The van der Waals surface area contributed by atoms with Crippen LogP contribution in [0.1, 0.15) is 37.0 Å². The lowest BCUT2D eigenvalue weighted by Crippen LogP contribution is -2.42. The standard InChI is InChI=1S/C26H33FN4O3S2.ClH/c1-18-14-19(2)17-30(16-18)36(33,34)22-9-6-20(7-10-22)25(32)31(13-5-12-29(3)4)26-28-23-11-8-21(27)15-24(23)35-26;/h6-11,15,18-19H,5,12-14,16-17H2,1-4H3;1H. The van der Waals surface area contributed by atoms with Gasteiger partial charge in [-0.1, -0.05) is 25.2 Å². The van der Waals surface area contributed by atoms with Crippen LogP contribution in [0.5, 0.6) is 0 Å². The molecule has 0 radical (unpaired) electrons. The summed E-state index contributed by atoms with van der Waals surface area (Å²) >= 11 is 1.27. The van der Waals surface area contributed by atoms with Gasteiger partial charge in [-0.2, -0.15) is 4.31 Å². The molecule has 3 aromatic rings. The number of nitrogens with zero attached hydrogens (tertiary/aromatic N) is 4. The van der Waals surface area contributed by atoms with E-state index in [0.717, 1.165) is 19.4 Å². The molecule has 2 unspecified atom stereocenters. The van der Waals surface area contributed by atoms with Gasteiger partial charge in [-0.25, -0.2) is 17.8 Å². The number of fused-ring (bicyclic) bond motifs is 1. The predicted molar refractivity (Wildman–Crippen MR) is 150 cm³/mol. The Morgan fingerprint density at radius 2 is 1.73 bits per heavy atom. The smallest absolute Gasteiger partial charge is 0.260 e. The summed E-state index contributed by atoms with van der Waals surface area (Å²) in [6.45, 7) is 6.37. The number of benzene rings is 2. The molecule has 2 aromatic carbocycles. The Balaban J connectivity index is 0.00000380. The zero-order valence-corrected chi connectivity index (χ0v) is 24.0. The molecule has 0 saturated carbocycles. The Kier molecular flexibility index (Phi) is 9.68. The highest BCUT2D eigenvalue weighted by Gasteiger charge is 2.32. The molecule has 11 heteroatoms. The van der Waals surface area contributed by atoms with E-state index in [2.05, 4.69) is 18.8 Å². The third-order valence-electron chi connectivity index (χ3n) is 6.38. The number of anilines is 1. The minimum Gasteiger partial charge on any atom is -0.309 e. The van der Waals surface area contributed by atoms with Crippen molar-refractivity contribution < 1.29 is 17.6 Å². The molecule has 1 amide bonds. The number of piperidine rings is 1. The zero-order chi connectivity index (χ0) is 26.0. The summed E-state index contributed by atoms with van der Waals surface area (Å²) in [7, 11) is 0.305. The Bertz CT molecular complexity index is 1320. The SMILES string of the molecule is CC1CC(C)CN(S(=O)(=O)c2ccc(C(=O)N(CCCN(C)C)c3nc4ccc(F)cc4s3)cc2)C1.Cl. The van der Waals surface area contributed by atoms with Gasteiger partial charge in [0.1, 0.15) is 5.82 Å². The van der Waals surface area contributed by atoms with Gasteiger partial charge in [0.05, 0.1) is 15.1 Å². The lowest BCUT2D eigenvalue weighted by atomic mass is 9.94. The second kappa shape index (κ2) is 12.2. The lowest BCUT2D eigenvalue weighted by molar-refractivity contribution is 0.0986. The first kappa shape index (κ1) is 29.4. The molecule has 1 fully saturated rings. The number of hydrogen-bond donors (Lipinski definition) is 0. The highest BCUT2D eigenvalue weighted by Crippen LogP contribution is 2.31. The number of carbonyl (C=O) groups excluding carboxylic acids is 1. The van der Waals surface area contributed by atoms with E-state index < -0.39 is 10.0 Å². The normalized spacial score (nSPS) is 18.6. The highest BCUT2D eigenvalue weighted by atomic mass is 35.5.